The zero-order valence-corrected chi connectivity index (χ0v) is 11.5. The summed E-state index contributed by atoms with van der Waals surface area (Å²) < 4.78 is 4.08. The highest BCUT2D eigenvalue weighted by Gasteiger charge is 2.21. The van der Waals surface area contributed by atoms with Crippen molar-refractivity contribution in [1.29, 1.82) is 0 Å². The molecular formula is C11H13BrN4O. The molecule has 6 heteroatoms. The number of aromatic nitrogens is 4. The van der Waals surface area contributed by atoms with E-state index in [0.717, 1.165) is 5.69 Å². The van der Waals surface area contributed by atoms with Gasteiger partial charge in [-0.1, -0.05) is 0 Å². The van der Waals surface area contributed by atoms with Gasteiger partial charge in [0.1, 0.15) is 5.69 Å². The van der Waals surface area contributed by atoms with Gasteiger partial charge in [-0.3, -0.25) is 14.2 Å². The van der Waals surface area contributed by atoms with Crippen LogP contribution in [0.25, 0.3) is 0 Å². The topological polar surface area (TPSA) is 52.7 Å². The monoisotopic (exact) mass is 296 g/mol. The summed E-state index contributed by atoms with van der Waals surface area (Å²) in [7, 11) is 1.82. The van der Waals surface area contributed by atoms with Gasteiger partial charge in [0.25, 0.3) is 0 Å². The Balaban J connectivity index is 2.51. The summed E-state index contributed by atoms with van der Waals surface area (Å²) in [6.45, 7) is 4.49. The fourth-order valence-corrected chi connectivity index (χ4v) is 2.15. The number of nitrogens with zero attached hydrogens (tertiary/aromatic N) is 4. The number of rotatable bonds is 3. The van der Waals surface area contributed by atoms with E-state index in [-0.39, 0.29) is 5.78 Å². The lowest BCUT2D eigenvalue weighted by Gasteiger charge is -2.04. The number of hydrogen-bond acceptors (Lipinski definition) is 3. The molecule has 0 spiro atoms. The molecule has 5 nitrogen and oxygen atoms in total. The van der Waals surface area contributed by atoms with Crippen molar-refractivity contribution in [3.05, 3.63) is 33.8 Å². The van der Waals surface area contributed by atoms with Crippen LogP contribution in [0.15, 0.2) is 16.9 Å². The molecule has 2 aromatic rings. The van der Waals surface area contributed by atoms with Crippen molar-refractivity contribution >= 4 is 21.7 Å². The van der Waals surface area contributed by atoms with E-state index in [1.54, 1.807) is 21.8 Å². The fraction of sp³-hybridized carbons (Fsp3) is 0.364. The molecule has 17 heavy (non-hydrogen) atoms. The molecule has 0 amide bonds. The molecular weight excluding hydrogens is 284 g/mol. The van der Waals surface area contributed by atoms with Gasteiger partial charge >= 0.3 is 0 Å². The second kappa shape index (κ2) is 4.44. The van der Waals surface area contributed by atoms with Crippen molar-refractivity contribution in [3.63, 3.8) is 0 Å². The predicted octanol–water partition coefficient (Wildman–Crippen LogP) is 1.94. The van der Waals surface area contributed by atoms with Gasteiger partial charge < -0.3 is 0 Å². The molecule has 0 unspecified atom stereocenters. The van der Waals surface area contributed by atoms with E-state index in [0.29, 0.717) is 22.3 Å². The minimum absolute atomic E-state index is 0.0539. The molecule has 0 saturated heterocycles. The van der Waals surface area contributed by atoms with Crippen LogP contribution in [0, 0.1) is 6.92 Å². The highest BCUT2D eigenvalue weighted by Crippen LogP contribution is 2.21. The summed E-state index contributed by atoms with van der Waals surface area (Å²) in [5.41, 5.74) is 2.04. The van der Waals surface area contributed by atoms with Crippen molar-refractivity contribution in [1.82, 2.24) is 19.6 Å². The third-order valence-electron chi connectivity index (χ3n) is 2.79. The lowest BCUT2D eigenvalue weighted by atomic mass is 10.1. The number of aryl methyl sites for hydroxylation is 2. The Morgan fingerprint density at radius 1 is 1.41 bits per heavy atom. The second-order valence-electron chi connectivity index (χ2n) is 3.75. The second-order valence-corrected chi connectivity index (χ2v) is 4.61. The first-order valence-electron chi connectivity index (χ1n) is 5.30. The Kier molecular flexibility index (Phi) is 3.15. The molecule has 0 aliphatic heterocycles. The molecule has 90 valence electrons. The summed E-state index contributed by atoms with van der Waals surface area (Å²) in [6.07, 6.45) is 3.24. The number of halogens is 1. The molecule has 2 aromatic heterocycles. The molecule has 0 radical (unpaired) electrons. The van der Waals surface area contributed by atoms with Gasteiger partial charge in [0.05, 0.1) is 22.4 Å². The van der Waals surface area contributed by atoms with Crippen LogP contribution in [0.1, 0.15) is 28.7 Å². The predicted molar refractivity (Wildman–Crippen MR) is 67.0 cm³/mol. The Hall–Kier alpha value is -1.43. The van der Waals surface area contributed by atoms with Gasteiger partial charge in [-0.05, 0) is 29.8 Å². The Bertz CT molecular complexity index is 570. The largest absolute Gasteiger partial charge is 0.287 e. The first-order chi connectivity index (χ1) is 8.06. The lowest BCUT2D eigenvalue weighted by molar-refractivity contribution is 0.102. The summed E-state index contributed by atoms with van der Waals surface area (Å²) in [6, 6.07) is 0. The maximum Gasteiger partial charge on any atom is 0.215 e. The minimum Gasteiger partial charge on any atom is -0.287 e. The normalized spacial score (nSPS) is 10.8. The van der Waals surface area contributed by atoms with Crippen LogP contribution in [-0.4, -0.2) is 25.3 Å². The van der Waals surface area contributed by atoms with E-state index in [2.05, 4.69) is 26.1 Å². The van der Waals surface area contributed by atoms with Gasteiger partial charge in [0.2, 0.25) is 5.78 Å². The third-order valence-corrected chi connectivity index (χ3v) is 3.37. The molecule has 0 aromatic carbocycles. The van der Waals surface area contributed by atoms with Gasteiger partial charge in [0, 0.05) is 19.3 Å². The molecule has 0 bridgehead atoms. The fourth-order valence-electron chi connectivity index (χ4n) is 1.68. The number of ketones is 1. The lowest BCUT2D eigenvalue weighted by Crippen LogP contribution is -2.12. The van der Waals surface area contributed by atoms with Crippen molar-refractivity contribution in [2.45, 2.75) is 20.4 Å². The number of hydrogen-bond donors (Lipinski definition) is 0. The maximum atomic E-state index is 12.4. The van der Waals surface area contributed by atoms with Crippen LogP contribution >= 0.6 is 15.9 Å². The standard InChI is InChI=1S/C11H13BrN4O/c1-4-16-10(9(12)6-14-16)11(17)8-5-13-15(3)7(8)2/h5-6H,4H2,1-3H3. The van der Waals surface area contributed by atoms with Crippen LogP contribution in [0.5, 0.6) is 0 Å². The minimum atomic E-state index is -0.0539. The molecule has 2 rings (SSSR count). The number of carbonyl (C=O) groups excluding carboxylic acids is 1. The summed E-state index contributed by atoms with van der Waals surface area (Å²) >= 11 is 3.36. The maximum absolute atomic E-state index is 12.4. The van der Waals surface area contributed by atoms with E-state index >= 15 is 0 Å². The average Bonchev–Trinajstić information content (AvgIpc) is 2.83. The first kappa shape index (κ1) is 12.0. The Labute approximate surface area is 108 Å². The molecule has 2 heterocycles. The van der Waals surface area contributed by atoms with E-state index < -0.39 is 0 Å². The van der Waals surface area contributed by atoms with Gasteiger partial charge in [-0.15, -0.1) is 0 Å². The van der Waals surface area contributed by atoms with E-state index in [1.807, 2.05) is 20.9 Å². The zero-order chi connectivity index (χ0) is 12.6. The molecule has 0 fully saturated rings. The van der Waals surface area contributed by atoms with Crippen LogP contribution in [0.3, 0.4) is 0 Å². The first-order valence-corrected chi connectivity index (χ1v) is 6.10. The Morgan fingerprint density at radius 2 is 2.12 bits per heavy atom. The highest BCUT2D eigenvalue weighted by molar-refractivity contribution is 9.10. The summed E-state index contributed by atoms with van der Waals surface area (Å²) in [5, 5.41) is 8.22. The van der Waals surface area contributed by atoms with Crippen molar-refractivity contribution < 1.29 is 4.79 Å². The average molecular weight is 297 g/mol. The smallest absolute Gasteiger partial charge is 0.215 e. The van der Waals surface area contributed by atoms with Crippen molar-refractivity contribution in [2.24, 2.45) is 7.05 Å². The molecule has 0 atom stereocenters. The Morgan fingerprint density at radius 3 is 2.65 bits per heavy atom. The molecule has 0 N–H and O–H groups in total. The molecule has 0 aliphatic carbocycles. The van der Waals surface area contributed by atoms with Gasteiger partial charge in [-0.2, -0.15) is 10.2 Å². The quantitative estimate of drug-likeness (QED) is 0.814. The third kappa shape index (κ3) is 1.93. The number of carbonyl (C=O) groups is 1. The van der Waals surface area contributed by atoms with E-state index in [9.17, 15) is 4.79 Å². The SMILES string of the molecule is CCn1ncc(Br)c1C(=O)c1cnn(C)c1C. The molecule has 0 aliphatic rings. The van der Waals surface area contributed by atoms with Crippen molar-refractivity contribution in [3.8, 4) is 0 Å². The highest BCUT2D eigenvalue weighted by atomic mass is 79.9. The van der Waals surface area contributed by atoms with Crippen LogP contribution < -0.4 is 0 Å². The van der Waals surface area contributed by atoms with Crippen LogP contribution in [-0.2, 0) is 13.6 Å². The van der Waals surface area contributed by atoms with E-state index in [4.69, 9.17) is 0 Å². The summed E-state index contributed by atoms with van der Waals surface area (Å²) in [5.74, 6) is -0.0539. The van der Waals surface area contributed by atoms with Gasteiger partial charge in [-0.25, -0.2) is 0 Å². The van der Waals surface area contributed by atoms with Crippen molar-refractivity contribution in [2.75, 3.05) is 0 Å². The van der Waals surface area contributed by atoms with Crippen LogP contribution in [0.4, 0.5) is 0 Å². The van der Waals surface area contributed by atoms with E-state index in [1.165, 1.54) is 0 Å². The summed E-state index contributed by atoms with van der Waals surface area (Å²) in [4.78, 5) is 12.4. The van der Waals surface area contributed by atoms with Gasteiger partial charge in [0.15, 0.2) is 0 Å². The zero-order valence-electron chi connectivity index (χ0n) is 9.94. The molecule has 0 saturated carbocycles. The van der Waals surface area contributed by atoms with Crippen LogP contribution in [0.2, 0.25) is 0 Å².